The van der Waals surface area contributed by atoms with E-state index in [-0.39, 0.29) is 12.8 Å². The molecule has 1 rings (SSSR count). The fraction of sp³-hybridized carbons (Fsp3) is 0.846. The van der Waals surface area contributed by atoms with Crippen molar-refractivity contribution in [1.29, 1.82) is 0 Å². The lowest BCUT2D eigenvalue weighted by molar-refractivity contribution is -0.220. The van der Waals surface area contributed by atoms with E-state index < -0.39 is 75.7 Å². The van der Waals surface area contributed by atoms with Crippen molar-refractivity contribution in [2.45, 2.75) is 198 Å². The maximum absolute atomic E-state index is 12.7. The molecule has 0 heterocycles. The summed E-state index contributed by atoms with van der Waals surface area (Å²) in [7, 11) is -5.11. The van der Waals surface area contributed by atoms with E-state index in [9.17, 15) is 44.6 Å². The van der Waals surface area contributed by atoms with Crippen LogP contribution in [0.1, 0.15) is 155 Å². The summed E-state index contributed by atoms with van der Waals surface area (Å²) in [5.41, 5.74) is 0. The van der Waals surface area contributed by atoms with Crippen LogP contribution in [0.15, 0.2) is 24.3 Å². The third kappa shape index (κ3) is 23.8. The minimum atomic E-state index is -5.11. The molecule has 0 bridgehead atoms. The number of phosphoric acid groups is 1. The summed E-state index contributed by atoms with van der Waals surface area (Å²) < 4.78 is 33.3. The Morgan fingerprint density at radius 1 is 0.585 bits per heavy atom. The molecular formula is C39H71O13P. The molecule has 0 amide bonds. The fourth-order valence-corrected chi connectivity index (χ4v) is 6.94. The van der Waals surface area contributed by atoms with Crippen molar-refractivity contribution in [2.75, 3.05) is 13.2 Å². The Bertz CT molecular complexity index is 1040. The van der Waals surface area contributed by atoms with Crippen LogP contribution in [0, 0.1) is 0 Å². The van der Waals surface area contributed by atoms with E-state index in [1.54, 1.807) is 0 Å². The van der Waals surface area contributed by atoms with Crippen LogP contribution in [0.25, 0.3) is 0 Å². The molecule has 14 heteroatoms. The maximum atomic E-state index is 12.7. The number of carbonyl (C=O) groups excluding carboxylic acids is 2. The van der Waals surface area contributed by atoms with E-state index in [0.29, 0.717) is 12.8 Å². The Labute approximate surface area is 317 Å². The van der Waals surface area contributed by atoms with Crippen molar-refractivity contribution in [3.63, 3.8) is 0 Å². The molecule has 6 N–H and O–H groups in total. The van der Waals surface area contributed by atoms with Gasteiger partial charge in [0.1, 0.15) is 43.2 Å². The average molecular weight is 779 g/mol. The van der Waals surface area contributed by atoms with Crippen molar-refractivity contribution in [3.05, 3.63) is 24.3 Å². The number of unbranched alkanes of at least 4 members (excludes halogenated alkanes) is 16. The van der Waals surface area contributed by atoms with E-state index in [1.807, 2.05) is 0 Å². The summed E-state index contributed by atoms with van der Waals surface area (Å²) in [5, 5.41) is 49.9. The molecule has 310 valence electrons. The topological polar surface area (TPSA) is 210 Å². The first-order chi connectivity index (χ1) is 25.4. The molecule has 1 saturated carbocycles. The Morgan fingerprint density at radius 3 is 1.57 bits per heavy atom. The lowest BCUT2D eigenvalue weighted by Gasteiger charge is -2.41. The quantitative estimate of drug-likeness (QED) is 0.0187. The lowest BCUT2D eigenvalue weighted by Crippen LogP contribution is -2.64. The fourth-order valence-electron chi connectivity index (χ4n) is 5.96. The monoisotopic (exact) mass is 778 g/mol. The predicted molar refractivity (Wildman–Crippen MR) is 203 cm³/mol. The first kappa shape index (κ1) is 49.3. The smallest absolute Gasteiger partial charge is 0.462 e. The van der Waals surface area contributed by atoms with Gasteiger partial charge in [-0.3, -0.25) is 18.6 Å². The third-order valence-electron chi connectivity index (χ3n) is 9.30. The van der Waals surface area contributed by atoms with Crippen molar-refractivity contribution in [1.82, 2.24) is 0 Å². The number of carbonyl (C=O) groups is 2. The Hall–Kier alpha value is -1.67. The highest BCUT2D eigenvalue weighted by molar-refractivity contribution is 7.47. The molecular weight excluding hydrogens is 707 g/mol. The molecule has 53 heavy (non-hydrogen) atoms. The molecule has 0 saturated heterocycles. The molecule has 0 aromatic carbocycles. The summed E-state index contributed by atoms with van der Waals surface area (Å²) in [4.78, 5) is 35.4. The second-order valence-electron chi connectivity index (χ2n) is 14.1. The van der Waals surface area contributed by atoms with E-state index in [0.717, 1.165) is 51.4 Å². The lowest BCUT2D eigenvalue weighted by atomic mass is 9.85. The van der Waals surface area contributed by atoms with E-state index >= 15 is 0 Å². The molecule has 8 atom stereocenters. The number of ether oxygens (including phenoxy) is 2. The van der Waals surface area contributed by atoms with Crippen LogP contribution in [0.3, 0.4) is 0 Å². The predicted octanol–water partition coefficient (Wildman–Crippen LogP) is 6.50. The van der Waals surface area contributed by atoms with Crippen LogP contribution in [0.2, 0.25) is 0 Å². The largest absolute Gasteiger partial charge is 0.472 e. The van der Waals surface area contributed by atoms with Gasteiger partial charge < -0.3 is 39.9 Å². The minimum absolute atomic E-state index is 0.0918. The molecule has 0 radical (unpaired) electrons. The summed E-state index contributed by atoms with van der Waals surface area (Å²) in [5.74, 6) is -1.14. The molecule has 1 aliphatic rings. The van der Waals surface area contributed by atoms with Gasteiger partial charge in [0.15, 0.2) is 6.10 Å². The van der Waals surface area contributed by atoms with E-state index in [1.165, 1.54) is 64.2 Å². The SMILES string of the molecule is CCCCCCCC/C=C/C/C=C/CCCCC(=O)OC[C@@H](COP(=O)(O)OC1C(O)C(O)C(O)[C@H](O)C1O)OC(=O)CCCCCCCCCCC. The molecule has 0 aromatic heterocycles. The first-order valence-corrected chi connectivity index (χ1v) is 21.6. The van der Waals surface area contributed by atoms with Crippen LogP contribution in [-0.2, 0) is 32.7 Å². The summed E-state index contributed by atoms with van der Waals surface area (Å²) in [6, 6.07) is 0. The van der Waals surface area contributed by atoms with Crippen LogP contribution in [0.4, 0.5) is 0 Å². The van der Waals surface area contributed by atoms with Crippen molar-refractivity contribution >= 4 is 19.8 Å². The number of rotatable bonds is 32. The zero-order chi connectivity index (χ0) is 39.3. The number of esters is 2. The second kappa shape index (κ2) is 30.5. The normalized spacial score (nSPS) is 23.7. The van der Waals surface area contributed by atoms with Gasteiger partial charge in [0.05, 0.1) is 6.61 Å². The van der Waals surface area contributed by atoms with Gasteiger partial charge in [-0.2, -0.15) is 0 Å². The van der Waals surface area contributed by atoms with Gasteiger partial charge in [0.2, 0.25) is 0 Å². The molecule has 13 nitrogen and oxygen atoms in total. The van der Waals surface area contributed by atoms with Crippen LogP contribution in [0.5, 0.6) is 0 Å². The number of hydrogen-bond donors (Lipinski definition) is 6. The molecule has 6 unspecified atom stereocenters. The molecule has 1 aliphatic carbocycles. The highest BCUT2D eigenvalue weighted by Gasteiger charge is 2.51. The van der Waals surface area contributed by atoms with Gasteiger partial charge in [-0.25, -0.2) is 4.57 Å². The van der Waals surface area contributed by atoms with Gasteiger partial charge >= 0.3 is 19.8 Å². The van der Waals surface area contributed by atoms with E-state index in [4.69, 9.17) is 18.5 Å². The van der Waals surface area contributed by atoms with E-state index in [2.05, 4.69) is 38.2 Å². The Balaban J connectivity index is 2.53. The zero-order valence-electron chi connectivity index (χ0n) is 32.3. The second-order valence-corrected chi connectivity index (χ2v) is 15.5. The van der Waals surface area contributed by atoms with Gasteiger partial charge in [-0.05, 0) is 44.9 Å². The third-order valence-corrected chi connectivity index (χ3v) is 10.3. The van der Waals surface area contributed by atoms with Crippen LogP contribution in [-0.4, -0.2) is 98.3 Å². The first-order valence-electron chi connectivity index (χ1n) is 20.1. The minimum Gasteiger partial charge on any atom is -0.462 e. The summed E-state index contributed by atoms with van der Waals surface area (Å²) >= 11 is 0. The number of aliphatic hydroxyl groups is 5. The number of allylic oxidation sites excluding steroid dienone is 4. The van der Waals surface area contributed by atoms with Gasteiger partial charge in [0, 0.05) is 12.8 Å². The molecule has 1 fully saturated rings. The van der Waals surface area contributed by atoms with Gasteiger partial charge in [-0.15, -0.1) is 0 Å². The Kier molecular flexibility index (Phi) is 28.4. The highest BCUT2D eigenvalue weighted by Crippen LogP contribution is 2.47. The highest BCUT2D eigenvalue weighted by atomic mass is 31.2. The average Bonchev–Trinajstić information content (AvgIpc) is 3.13. The van der Waals surface area contributed by atoms with Crippen molar-refractivity contribution < 1.29 is 63.1 Å². The van der Waals surface area contributed by atoms with Gasteiger partial charge in [-0.1, -0.05) is 122 Å². The summed E-state index contributed by atoms with van der Waals surface area (Å²) in [6.07, 6.45) is 17.0. The number of hydrogen-bond acceptors (Lipinski definition) is 12. The van der Waals surface area contributed by atoms with Crippen LogP contribution < -0.4 is 0 Å². The number of phosphoric ester groups is 1. The zero-order valence-corrected chi connectivity index (χ0v) is 33.2. The van der Waals surface area contributed by atoms with Crippen molar-refractivity contribution in [2.24, 2.45) is 0 Å². The molecule has 0 aliphatic heterocycles. The standard InChI is InChI=1S/C39H71O13P/c1-3-5-7-9-11-13-14-15-16-17-18-20-21-23-25-27-32(40)49-29-31(51-33(41)28-26-24-22-19-12-10-8-6-4-2)30-50-53(47,48)52-39-37(45)35(43)34(42)36(44)38(39)46/h15-16,18,20,31,34-39,42-46H,3-14,17,19,21-30H2,1-2H3,(H,47,48)/b16-15+,20-18+/t31-,34?,35-,36?,37?,38?,39?/m0/s1. The maximum Gasteiger partial charge on any atom is 0.472 e. The van der Waals surface area contributed by atoms with Gasteiger partial charge in [0.25, 0.3) is 0 Å². The summed E-state index contributed by atoms with van der Waals surface area (Å²) in [6.45, 7) is 3.20. The number of aliphatic hydroxyl groups excluding tert-OH is 5. The Morgan fingerprint density at radius 2 is 1.02 bits per heavy atom. The van der Waals surface area contributed by atoms with Crippen molar-refractivity contribution in [3.8, 4) is 0 Å². The molecule has 0 aromatic rings. The molecule has 0 spiro atoms. The van der Waals surface area contributed by atoms with Crippen LogP contribution >= 0.6 is 7.82 Å².